The van der Waals surface area contributed by atoms with Crippen LogP contribution in [-0.4, -0.2) is 33.0 Å². The third kappa shape index (κ3) is 4.94. The van der Waals surface area contributed by atoms with Crippen LogP contribution in [0.15, 0.2) is 18.2 Å². The van der Waals surface area contributed by atoms with Gasteiger partial charge < -0.3 is 19.9 Å². The Morgan fingerprint density at radius 1 is 1.17 bits per heavy atom. The summed E-state index contributed by atoms with van der Waals surface area (Å²) in [7, 11) is 1.65. The molecular formula is C14H23NO3. The Morgan fingerprint density at radius 3 is 2.56 bits per heavy atom. The Bertz CT molecular complexity index is 353. The fourth-order valence-electron chi connectivity index (χ4n) is 1.67. The Kier molecular flexibility index (Phi) is 6.54. The molecule has 1 atom stereocenters. The molecule has 0 radical (unpaired) electrons. The number of hydrogen-bond acceptors (Lipinski definition) is 4. The van der Waals surface area contributed by atoms with Crippen LogP contribution in [0.2, 0.25) is 0 Å². The van der Waals surface area contributed by atoms with E-state index in [0.29, 0.717) is 19.8 Å². The normalized spacial score (nSPS) is 12.2. The number of hydrogen-bond donors (Lipinski definition) is 1. The molecule has 1 unspecified atom stereocenters. The zero-order valence-corrected chi connectivity index (χ0v) is 11.4. The van der Waals surface area contributed by atoms with Crippen molar-refractivity contribution in [3.8, 4) is 11.5 Å². The predicted molar refractivity (Wildman–Crippen MR) is 72.3 cm³/mol. The van der Waals surface area contributed by atoms with Gasteiger partial charge in [-0.15, -0.1) is 0 Å². The molecule has 4 heteroatoms. The average molecular weight is 253 g/mol. The summed E-state index contributed by atoms with van der Waals surface area (Å²) in [6.07, 6.45) is 0.832. The summed E-state index contributed by atoms with van der Waals surface area (Å²) in [5.74, 6) is 1.52. The zero-order chi connectivity index (χ0) is 13.4. The first kappa shape index (κ1) is 14.8. The van der Waals surface area contributed by atoms with Crippen molar-refractivity contribution < 1.29 is 14.2 Å². The fraction of sp³-hybridized carbons (Fsp3) is 0.571. The van der Waals surface area contributed by atoms with E-state index in [1.807, 2.05) is 32.0 Å². The third-order valence-electron chi connectivity index (χ3n) is 2.41. The topological polar surface area (TPSA) is 53.7 Å². The molecule has 0 aliphatic heterocycles. The molecule has 0 saturated heterocycles. The molecule has 1 aromatic carbocycles. The van der Waals surface area contributed by atoms with Crippen LogP contribution in [0.3, 0.4) is 0 Å². The van der Waals surface area contributed by atoms with Gasteiger partial charge in [-0.1, -0.05) is 6.07 Å². The van der Waals surface area contributed by atoms with Crippen molar-refractivity contribution in [2.45, 2.75) is 26.3 Å². The van der Waals surface area contributed by atoms with Crippen LogP contribution in [0.5, 0.6) is 11.5 Å². The molecule has 18 heavy (non-hydrogen) atoms. The van der Waals surface area contributed by atoms with Gasteiger partial charge in [0.05, 0.1) is 13.2 Å². The highest BCUT2D eigenvalue weighted by molar-refractivity contribution is 5.43. The molecule has 0 amide bonds. The van der Waals surface area contributed by atoms with E-state index < -0.39 is 0 Å². The summed E-state index contributed by atoms with van der Waals surface area (Å²) < 4.78 is 16.1. The van der Waals surface area contributed by atoms with E-state index in [-0.39, 0.29) is 6.04 Å². The van der Waals surface area contributed by atoms with E-state index in [0.717, 1.165) is 23.5 Å². The first-order chi connectivity index (χ1) is 8.67. The van der Waals surface area contributed by atoms with Crippen LogP contribution in [0, 0.1) is 0 Å². The highest BCUT2D eigenvalue weighted by Gasteiger charge is 2.07. The molecule has 0 fully saturated rings. The van der Waals surface area contributed by atoms with Gasteiger partial charge >= 0.3 is 0 Å². The molecule has 4 nitrogen and oxygen atoms in total. The number of methoxy groups -OCH3 is 1. The first-order valence-electron chi connectivity index (χ1n) is 6.30. The quantitative estimate of drug-likeness (QED) is 0.720. The highest BCUT2D eigenvalue weighted by atomic mass is 16.5. The van der Waals surface area contributed by atoms with Crippen molar-refractivity contribution >= 4 is 0 Å². The predicted octanol–water partition coefficient (Wildman–Crippen LogP) is 2.00. The van der Waals surface area contributed by atoms with Crippen LogP contribution < -0.4 is 15.2 Å². The zero-order valence-electron chi connectivity index (χ0n) is 11.4. The molecular weight excluding hydrogens is 230 g/mol. The maximum absolute atomic E-state index is 5.80. The van der Waals surface area contributed by atoms with E-state index in [2.05, 4.69) is 0 Å². The van der Waals surface area contributed by atoms with Gasteiger partial charge in [0.2, 0.25) is 0 Å². The fourth-order valence-corrected chi connectivity index (χ4v) is 1.67. The lowest BCUT2D eigenvalue weighted by Gasteiger charge is -2.14. The van der Waals surface area contributed by atoms with Crippen molar-refractivity contribution in [2.75, 3.05) is 26.9 Å². The second-order valence-electron chi connectivity index (χ2n) is 4.24. The lowest BCUT2D eigenvalue weighted by molar-refractivity contribution is 0.143. The minimum Gasteiger partial charge on any atom is -0.490 e. The largest absolute Gasteiger partial charge is 0.490 e. The SMILES string of the molecule is CCOc1cc(CC(C)N)ccc1OCCOC. The summed E-state index contributed by atoms with van der Waals surface area (Å²) in [6.45, 7) is 5.64. The minimum absolute atomic E-state index is 0.139. The maximum Gasteiger partial charge on any atom is 0.161 e. The Labute approximate surface area is 109 Å². The number of nitrogens with two attached hydrogens (primary N) is 1. The van der Waals surface area contributed by atoms with E-state index in [9.17, 15) is 0 Å². The van der Waals surface area contributed by atoms with Crippen molar-refractivity contribution in [1.82, 2.24) is 0 Å². The molecule has 0 heterocycles. The molecule has 102 valence electrons. The Morgan fingerprint density at radius 2 is 1.94 bits per heavy atom. The summed E-state index contributed by atoms with van der Waals surface area (Å²) >= 11 is 0. The van der Waals surface area contributed by atoms with Crippen LogP contribution >= 0.6 is 0 Å². The second-order valence-corrected chi connectivity index (χ2v) is 4.24. The first-order valence-corrected chi connectivity index (χ1v) is 6.30. The van der Waals surface area contributed by atoms with Gasteiger partial charge in [-0.2, -0.15) is 0 Å². The average Bonchev–Trinajstić information content (AvgIpc) is 2.32. The summed E-state index contributed by atoms with van der Waals surface area (Å²) in [6, 6.07) is 6.08. The minimum atomic E-state index is 0.139. The van der Waals surface area contributed by atoms with Crippen molar-refractivity contribution in [3.63, 3.8) is 0 Å². The van der Waals surface area contributed by atoms with Crippen LogP contribution in [0.25, 0.3) is 0 Å². The van der Waals surface area contributed by atoms with E-state index in [4.69, 9.17) is 19.9 Å². The highest BCUT2D eigenvalue weighted by Crippen LogP contribution is 2.28. The van der Waals surface area contributed by atoms with Crippen molar-refractivity contribution in [3.05, 3.63) is 23.8 Å². The van der Waals surface area contributed by atoms with E-state index in [1.165, 1.54) is 0 Å². The summed E-state index contributed by atoms with van der Waals surface area (Å²) in [4.78, 5) is 0. The van der Waals surface area contributed by atoms with Crippen LogP contribution in [0.1, 0.15) is 19.4 Å². The van der Waals surface area contributed by atoms with E-state index >= 15 is 0 Å². The number of rotatable bonds is 8. The lowest BCUT2D eigenvalue weighted by Crippen LogP contribution is -2.17. The number of benzene rings is 1. The molecule has 0 aromatic heterocycles. The monoisotopic (exact) mass is 253 g/mol. The molecule has 0 aliphatic rings. The van der Waals surface area contributed by atoms with Gasteiger partial charge in [0.25, 0.3) is 0 Å². The van der Waals surface area contributed by atoms with Gasteiger partial charge in [-0.3, -0.25) is 0 Å². The molecule has 0 aliphatic carbocycles. The smallest absolute Gasteiger partial charge is 0.161 e. The molecule has 0 bridgehead atoms. The van der Waals surface area contributed by atoms with Crippen LogP contribution in [-0.2, 0) is 11.2 Å². The summed E-state index contributed by atoms with van der Waals surface area (Å²) in [5, 5.41) is 0. The standard InChI is InChI=1S/C14H23NO3/c1-4-17-14-10-12(9-11(2)15)5-6-13(14)18-8-7-16-3/h5-6,10-11H,4,7-9,15H2,1-3H3. The van der Waals surface area contributed by atoms with Crippen molar-refractivity contribution in [1.29, 1.82) is 0 Å². The van der Waals surface area contributed by atoms with Crippen LogP contribution in [0.4, 0.5) is 0 Å². The molecule has 1 aromatic rings. The van der Waals surface area contributed by atoms with Gasteiger partial charge in [-0.25, -0.2) is 0 Å². The maximum atomic E-state index is 5.80. The third-order valence-corrected chi connectivity index (χ3v) is 2.41. The van der Waals surface area contributed by atoms with Gasteiger partial charge in [0.15, 0.2) is 11.5 Å². The van der Waals surface area contributed by atoms with E-state index in [1.54, 1.807) is 7.11 Å². The molecule has 0 spiro atoms. The van der Waals surface area contributed by atoms with Crippen molar-refractivity contribution in [2.24, 2.45) is 5.73 Å². The molecule has 1 rings (SSSR count). The van der Waals surface area contributed by atoms with Gasteiger partial charge in [-0.05, 0) is 38.0 Å². The molecule has 2 N–H and O–H groups in total. The van der Waals surface area contributed by atoms with Gasteiger partial charge in [0, 0.05) is 13.2 Å². The number of ether oxygens (including phenoxy) is 3. The Hall–Kier alpha value is -1.26. The summed E-state index contributed by atoms with van der Waals surface area (Å²) in [5.41, 5.74) is 6.96. The molecule has 0 saturated carbocycles. The second kappa shape index (κ2) is 7.95. The van der Waals surface area contributed by atoms with Gasteiger partial charge in [0.1, 0.15) is 6.61 Å². The lowest BCUT2D eigenvalue weighted by atomic mass is 10.1. The Balaban J connectivity index is 2.75.